The number of H-pyrrole nitrogens is 1. The molecule has 6 heteroatoms. The van der Waals surface area contributed by atoms with Gasteiger partial charge in [-0.3, -0.25) is 4.79 Å². The molecular formula is C17H25N3O3. The number of hydrogen-bond donors (Lipinski definition) is 1. The van der Waals surface area contributed by atoms with E-state index in [4.69, 9.17) is 9.47 Å². The zero-order valence-electron chi connectivity index (χ0n) is 14.5. The molecule has 0 fully saturated rings. The summed E-state index contributed by atoms with van der Waals surface area (Å²) in [5.41, 5.74) is 1.03. The number of carbonyl (C=O) groups is 1. The van der Waals surface area contributed by atoms with Crippen LogP contribution in [0.4, 0.5) is 0 Å². The third-order valence-electron chi connectivity index (χ3n) is 3.79. The van der Waals surface area contributed by atoms with Crippen LogP contribution in [0.25, 0.3) is 11.0 Å². The number of fused-ring (bicyclic) bond motifs is 1. The highest BCUT2D eigenvalue weighted by atomic mass is 16.5. The SMILES string of the molecule is CCOC(C)(C)C(=O)N(C)CCc1nc2ccc(OC)cc2[nH]1. The van der Waals surface area contributed by atoms with E-state index in [1.807, 2.05) is 25.1 Å². The lowest BCUT2D eigenvalue weighted by atomic mass is 10.1. The van der Waals surface area contributed by atoms with E-state index in [1.54, 1.807) is 32.9 Å². The Hall–Kier alpha value is -2.08. The third-order valence-corrected chi connectivity index (χ3v) is 3.79. The average molecular weight is 319 g/mol. The topological polar surface area (TPSA) is 67.4 Å². The second kappa shape index (κ2) is 7.00. The maximum absolute atomic E-state index is 12.4. The lowest BCUT2D eigenvalue weighted by Gasteiger charge is -2.29. The van der Waals surface area contributed by atoms with Gasteiger partial charge in [0.25, 0.3) is 5.91 Å². The van der Waals surface area contributed by atoms with Crippen molar-refractivity contribution < 1.29 is 14.3 Å². The van der Waals surface area contributed by atoms with Gasteiger partial charge in [-0.25, -0.2) is 4.98 Å². The van der Waals surface area contributed by atoms with Crippen LogP contribution in [0.5, 0.6) is 5.75 Å². The molecule has 0 aliphatic rings. The molecule has 1 N–H and O–H groups in total. The van der Waals surface area contributed by atoms with E-state index in [-0.39, 0.29) is 5.91 Å². The highest BCUT2D eigenvalue weighted by Gasteiger charge is 2.30. The van der Waals surface area contributed by atoms with Crippen LogP contribution in [-0.2, 0) is 16.0 Å². The number of carbonyl (C=O) groups excluding carboxylic acids is 1. The molecule has 2 rings (SSSR count). The molecule has 0 saturated carbocycles. The van der Waals surface area contributed by atoms with Crippen molar-refractivity contribution in [1.29, 1.82) is 0 Å². The first-order valence-corrected chi connectivity index (χ1v) is 7.79. The van der Waals surface area contributed by atoms with Gasteiger partial charge in [0.1, 0.15) is 17.2 Å². The van der Waals surface area contributed by atoms with Gasteiger partial charge in [0.15, 0.2) is 0 Å². The first kappa shape index (κ1) is 17.3. The Labute approximate surface area is 136 Å². The summed E-state index contributed by atoms with van der Waals surface area (Å²) in [7, 11) is 3.42. The standard InChI is InChI=1S/C17H25N3O3/c1-6-23-17(2,3)16(21)20(4)10-9-15-18-13-8-7-12(22-5)11-14(13)19-15/h7-8,11H,6,9-10H2,1-5H3,(H,18,19). The van der Waals surface area contributed by atoms with E-state index in [0.29, 0.717) is 19.6 Å². The van der Waals surface area contributed by atoms with Gasteiger partial charge in [-0.05, 0) is 32.9 Å². The van der Waals surface area contributed by atoms with Crippen LogP contribution in [0, 0.1) is 0 Å². The minimum Gasteiger partial charge on any atom is -0.497 e. The van der Waals surface area contributed by atoms with E-state index < -0.39 is 5.60 Å². The van der Waals surface area contributed by atoms with Crippen molar-refractivity contribution in [3.63, 3.8) is 0 Å². The Morgan fingerprint density at radius 3 is 2.78 bits per heavy atom. The number of hydrogen-bond acceptors (Lipinski definition) is 4. The molecule has 126 valence electrons. The van der Waals surface area contributed by atoms with Crippen molar-refractivity contribution in [3.8, 4) is 5.75 Å². The summed E-state index contributed by atoms with van der Waals surface area (Å²) in [5.74, 6) is 1.61. The Balaban J connectivity index is 2.01. The molecule has 1 heterocycles. The molecule has 1 aromatic carbocycles. The summed E-state index contributed by atoms with van der Waals surface area (Å²) in [4.78, 5) is 21.9. The van der Waals surface area contributed by atoms with Crippen molar-refractivity contribution in [2.75, 3.05) is 27.3 Å². The number of nitrogens with one attached hydrogen (secondary N) is 1. The molecule has 6 nitrogen and oxygen atoms in total. The Morgan fingerprint density at radius 2 is 2.13 bits per heavy atom. The van der Waals surface area contributed by atoms with Crippen LogP contribution in [0.15, 0.2) is 18.2 Å². The van der Waals surface area contributed by atoms with Crippen molar-refractivity contribution in [2.24, 2.45) is 0 Å². The molecule has 0 saturated heterocycles. The predicted octanol–water partition coefficient (Wildman–Crippen LogP) is 2.39. The Morgan fingerprint density at radius 1 is 1.39 bits per heavy atom. The maximum Gasteiger partial charge on any atom is 0.253 e. The summed E-state index contributed by atoms with van der Waals surface area (Å²) in [6, 6.07) is 5.72. The summed E-state index contributed by atoms with van der Waals surface area (Å²) in [6.07, 6.45) is 0.654. The number of aromatic nitrogens is 2. The molecule has 1 amide bonds. The number of nitrogens with zero attached hydrogens (tertiary/aromatic N) is 2. The fourth-order valence-corrected chi connectivity index (χ4v) is 2.54. The molecule has 0 atom stereocenters. The summed E-state index contributed by atoms with van der Waals surface area (Å²) >= 11 is 0. The molecule has 0 bridgehead atoms. The van der Waals surface area contributed by atoms with E-state index in [0.717, 1.165) is 22.6 Å². The number of methoxy groups -OCH3 is 1. The minimum atomic E-state index is -0.801. The van der Waals surface area contributed by atoms with Gasteiger partial charge < -0.3 is 19.4 Å². The predicted molar refractivity (Wildman–Crippen MR) is 89.7 cm³/mol. The normalized spacial score (nSPS) is 11.7. The molecule has 0 aliphatic carbocycles. The molecule has 23 heavy (non-hydrogen) atoms. The molecule has 0 radical (unpaired) electrons. The van der Waals surface area contributed by atoms with Crippen LogP contribution in [0.1, 0.15) is 26.6 Å². The van der Waals surface area contributed by atoms with E-state index in [2.05, 4.69) is 9.97 Å². The van der Waals surface area contributed by atoms with E-state index in [9.17, 15) is 4.79 Å². The minimum absolute atomic E-state index is 0.0304. The number of imidazole rings is 1. The number of rotatable bonds is 7. The van der Waals surface area contributed by atoms with Crippen molar-refractivity contribution >= 4 is 16.9 Å². The first-order chi connectivity index (χ1) is 10.9. The van der Waals surface area contributed by atoms with Crippen LogP contribution in [-0.4, -0.2) is 53.7 Å². The van der Waals surface area contributed by atoms with E-state index >= 15 is 0 Å². The van der Waals surface area contributed by atoms with Gasteiger partial charge >= 0.3 is 0 Å². The first-order valence-electron chi connectivity index (χ1n) is 7.79. The van der Waals surface area contributed by atoms with Gasteiger partial charge in [-0.1, -0.05) is 0 Å². The Kier molecular flexibility index (Phi) is 5.26. The van der Waals surface area contributed by atoms with Crippen LogP contribution >= 0.6 is 0 Å². The van der Waals surface area contributed by atoms with Gasteiger partial charge in [-0.2, -0.15) is 0 Å². The second-order valence-corrected chi connectivity index (χ2v) is 5.99. The van der Waals surface area contributed by atoms with Crippen LogP contribution in [0.3, 0.4) is 0 Å². The lowest BCUT2D eigenvalue weighted by molar-refractivity contribution is -0.152. The fraction of sp³-hybridized carbons (Fsp3) is 0.529. The number of ether oxygens (including phenoxy) is 2. The molecule has 2 aromatic rings. The zero-order chi connectivity index (χ0) is 17.0. The van der Waals surface area contributed by atoms with E-state index in [1.165, 1.54) is 0 Å². The second-order valence-electron chi connectivity index (χ2n) is 5.99. The monoisotopic (exact) mass is 319 g/mol. The van der Waals surface area contributed by atoms with Gasteiger partial charge in [0.05, 0.1) is 18.1 Å². The summed E-state index contributed by atoms with van der Waals surface area (Å²) in [5, 5.41) is 0. The zero-order valence-corrected chi connectivity index (χ0v) is 14.5. The number of aromatic amines is 1. The average Bonchev–Trinajstić information content (AvgIpc) is 2.93. The maximum atomic E-state index is 12.4. The summed E-state index contributed by atoms with van der Waals surface area (Å²) in [6.45, 7) is 6.56. The third kappa shape index (κ3) is 4.01. The van der Waals surface area contributed by atoms with Gasteiger partial charge in [0, 0.05) is 32.7 Å². The van der Waals surface area contributed by atoms with Crippen LogP contribution in [0.2, 0.25) is 0 Å². The van der Waals surface area contributed by atoms with Crippen LogP contribution < -0.4 is 4.74 Å². The number of likely N-dealkylation sites (N-methyl/N-ethyl adjacent to an activating group) is 1. The van der Waals surface area contributed by atoms with Gasteiger partial charge in [-0.15, -0.1) is 0 Å². The number of benzene rings is 1. The molecule has 0 aliphatic heterocycles. The largest absolute Gasteiger partial charge is 0.497 e. The molecule has 0 spiro atoms. The van der Waals surface area contributed by atoms with Crippen molar-refractivity contribution in [1.82, 2.24) is 14.9 Å². The quantitative estimate of drug-likeness (QED) is 0.851. The van der Waals surface area contributed by atoms with Crippen molar-refractivity contribution in [3.05, 3.63) is 24.0 Å². The fourth-order valence-electron chi connectivity index (χ4n) is 2.54. The smallest absolute Gasteiger partial charge is 0.253 e. The molecule has 1 aromatic heterocycles. The lowest BCUT2D eigenvalue weighted by Crippen LogP contribution is -2.45. The Bertz CT molecular complexity index is 679. The highest BCUT2D eigenvalue weighted by Crippen LogP contribution is 2.19. The molecule has 0 unspecified atom stereocenters. The number of amides is 1. The van der Waals surface area contributed by atoms with Crippen molar-refractivity contribution in [2.45, 2.75) is 32.8 Å². The summed E-state index contributed by atoms with van der Waals surface area (Å²) < 4.78 is 10.7. The highest BCUT2D eigenvalue weighted by molar-refractivity contribution is 5.84. The molecular weight excluding hydrogens is 294 g/mol. The van der Waals surface area contributed by atoms with Gasteiger partial charge in [0.2, 0.25) is 0 Å².